The van der Waals surface area contributed by atoms with Gasteiger partial charge in [-0.2, -0.15) is 0 Å². The summed E-state index contributed by atoms with van der Waals surface area (Å²) in [6, 6.07) is 0. The zero-order chi connectivity index (χ0) is 14.6. The van der Waals surface area contributed by atoms with Crippen LogP contribution in [-0.2, 0) is 19.1 Å². The number of carbonyl (C=O) groups is 3. The number of imide groups is 1. The van der Waals surface area contributed by atoms with Crippen LogP contribution in [-0.4, -0.2) is 48.9 Å². The number of carbonyl (C=O) groups excluding carboxylic acids is 3. The van der Waals surface area contributed by atoms with Crippen molar-refractivity contribution >= 4 is 17.8 Å². The number of amides is 2. The molecule has 1 N–H and O–H groups in total. The van der Waals surface area contributed by atoms with E-state index in [1.807, 2.05) is 13.8 Å². The van der Waals surface area contributed by atoms with Gasteiger partial charge in [0.15, 0.2) is 0 Å². The monoisotopic (exact) mass is 268 g/mol. The summed E-state index contributed by atoms with van der Waals surface area (Å²) in [4.78, 5) is 37.3. The molecule has 0 aromatic rings. The molecule has 2 fully saturated rings. The molecule has 2 amide bonds. The van der Waals surface area contributed by atoms with E-state index in [-0.39, 0.29) is 35.6 Å². The molecule has 0 aromatic heterocycles. The number of hydrogen-bond donors (Lipinski definition) is 1. The highest BCUT2D eigenvalue weighted by atomic mass is 16.5. The summed E-state index contributed by atoms with van der Waals surface area (Å²) in [5.74, 6) is -1.29. The highest BCUT2D eigenvalue weighted by Crippen LogP contribution is 2.63. The molecule has 1 saturated heterocycles. The second kappa shape index (κ2) is 4.03. The fourth-order valence-corrected chi connectivity index (χ4v) is 2.95. The molecule has 3 atom stereocenters. The Kier molecular flexibility index (Phi) is 2.97. The average molecular weight is 268 g/mol. The number of esters is 1. The topological polar surface area (TPSA) is 75.7 Å². The molecule has 0 bridgehead atoms. The fourth-order valence-electron chi connectivity index (χ4n) is 2.95. The van der Waals surface area contributed by atoms with Crippen molar-refractivity contribution in [3.05, 3.63) is 0 Å². The first-order chi connectivity index (χ1) is 8.70. The highest BCUT2D eigenvalue weighted by Gasteiger charge is 2.72. The second-order valence-corrected chi connectivity index (χ2v) is 6.11. The summed E-state index contributed by atoms with van der Waals surface area (Å²) in [7, 11) is 2.89. The van der Waals surface area contributed by atoms with Gasteiger partial charge in [-0.25, -0.2) is 4.79 Å². The van der Waals surface area contributed by atoms with Crippen molar-refractivity contribution in [3.63, 3.8) is 0 Å². The van der Waals surface area contributed by atoms with Crippen molar-refractivity contribution in [2.75, 3.05) is 20.7 Å². The summed E-state index contributed by atoms with van der Waals surface area (Å²) in [5, 5.41) is 2.83. The number of nitrogens with zero attached hydrogens (tertiary/aromatic N) is 1. The molecular weight excluding hydrogens is 248 g/mol. The summed E-state index contributed by atoms with van der Waals surface area (Å²) in [6.07, 6.45) is 0. The molecule has 1 heterocycles. The minimum absolute atomic E-state index is 0.0108. The smallest absolute Gasteiger partial charge is 0.327 e. The standard InChI is InChI=1S/C13H20N2O4/c1-12(2)7-8(12)10(17)15(9(7)16)6-13(3,14-4)11(18)19-5/h7-8,14H,6H2,1-5H3. The van der Waals surface area contributed by atoms with Gasteiger partial charge >= 0.3 is 5.97 Å². The molecule has 3 unspecified atom stereocenters. The van der Waals surface area contributed by atoms with Gasteiger partial charge in [0.1, 0.15) is 5.54 Å². The molecule has 106 valence electrons. The Bertz CT molecular complexity index is 436. The molecule has 0 aromatic carbocycles. The van der Waals surface area contributed by atoms with Crippen molar-refractivity contribution in [1.82, 2.24) is 10.2 Å². The first-order valence-electron chi connectivity index (χ1n) is 6.33. The van der Waals surface area contributed by atoms with Gasteiger partial charge in [-0.3, -0.25) is 14.5 Å². The Morgan fingerprint density at radius 3 is 2.21 bits per heavy atom. The van der Waals surface area contributed by atoms with Crippen molar-refractivity contribution in [1.29, 1.82) is 0 Å². The molecule has 1 aliphatic carbocycles. The largest absolute Gasteiger partial charge is 0.468 e. The summed E-state index contributed by atoms with van der Waals surface area (Å²) in [5.41, 5.74) is -1.30. The van der Waals surface area contributed by atoms with Gasteiger partial charge in [0.2, 0.25) is 11.8 Å². The van der Waals surface area contributed by atoms with E-state index in [2.05, 4.69) is 5.32 Å². The molecule has 0 spiro atoms. The molecule has 1 saturated carbocycles. The lowest BCUT2D eigenvalue weighted by Gasteiger charge is -2.31. The van der Waals surface area contributed by atoms with Gasteiger partial charge in [-0.15, -0.1) is 0 Å². The van der Waals surface area contributed by atoms with Crippen LogP contribution in [0.4, 0.5) is 0 Å². The zero-order valence-electron chi connectivity index (χ0n) is 11.9. The molecule has 6 nitrogen and oxygen atoms in total. The van der Waals surface area contributed by atoms with Gasteiger partial charge in [0, 0.05) is 0 Å². The molecular formula is C13H20N2O4. The van der Waals surface area contributed by atoms with E-state index in [1.54, 1.807) is 14.0 Å². The molecule has 0 radical (unpaired) electrons. The maximum atomic E-state index is 12.2. The molecule has 1 aliphatic heterocycles. The van der Waals surface area contributed by atoms with Crippen LogP contribution >= 0.6 is 0 Å². The van der Waals surface area contributed by atoms with Gasteiger partial charge < -0.3 is 10.1 Å². The summed E-state index contributed by atoms with van der Waals surface area (Å²) in [6.45, 7) is 5.48. The Hall–Kier alpha value is -1.43. The third-order valence-corrected chi connectivity index (χ3v) is 4.55. The number of ether oxygens (including phenoxy) is 1. The third kappa shape index (κ3) is 1.77. The molecule has 2 aliphatic rings. The highest BCUT2D eigenvalue weighted by molar-refractivity contribution is 6.10. The number of nitrogens with one attached hydrogen (secondary N) is 1. The van der Waals surface area contributed by atoms with Crippen LogP contribution in [0.1, 0.15) is 20.8 Å². The quantitative estimate of drug-likeness (QED) is 0.563. The third-order valence-electron chi connectivity index (χ3n) is 4.55. The van der Waals surface area contributed by atoms with Gasteiger partial charge in [-0.05, 0) is 19.4 Å². The number of hydrogen-bond acceptors (Lipinski definition) is 5. The molecule has 6 heteroatoms. The van der Waals surface area contributed by atoms with Crippen molar-refractivity contribution < 1.29 is 19.1 Å². The average Bonchev–Trinajstić information content (AvgIpc) is 2.85. The van der Waals surface area contributed by atoms with Crippen LogP contribution in [0.3, 0.4) is 0 Å². The van der Waals surface area contributed by atoms with Crippen molar-refractivity contribution in [2.45, 2.75) is 26.3 Å². The Balaban J connectivity index is 2.16. The normalized spacial score (nSPS) is 30.9. The Morgan fingerprint density at radius 1 is 1.37 bits per heavy atom. The number of likely N-dealkylation sites (tertiary alicyclic amines) is 1. The van der Waals surface area contributed by atoms with Crippen LogP contribution in [0.15, 0.2) is 0 Å². The fraction of sp³-hybridized carbons (Fsp3) is 0.769. The van der Waals surface area contributed by atoms with Crippen LogP contribution in [0.25, 0.3) is 0 Å². The lowest BCUT2D eigenvalue weighted by molar-refractivity contribution is -0.152. The maximum Gasteiger partial charge on any atom is 0.327 e. The van der Waals surface area contributed by atoms with E-state index in [4.69, 9.17) is 4.74 Å². The summed E-state index contributed by atoms with van der Waals surface area (Å²) >= 11 is 0. The van der Waals surface area contributed by atoms with Gasteiger partial charge in [0.25, 0.3) is 0 Å². The lowest BCUT2D eigenvalue weighted by atomic mass is 10.00. The van der Waals surface area contributed by atoms with Crippen molar-refractivity contribution in [3.8, 4) is 0 Å². The van der Waals surface area contributed by atoms with Gasteiger partial charge in [0.05, 0.1) is 25.5 Å². The zero-order valence-corrected chi connectivity index (χ0v) is 11.9. The molecule has 19 heavy (non-hydrogen) atoms. The van der Waals surface area contributed by atoms with E-state index in [0.29, 0.717) is 0 Å². The van der Waals surface area contributed by atoms with E-state index in [9.17, 15) is 14.4 Å². The second-order valence-electron chi connectivity index (χ2n) is 6.11. The number of rotatable bonds is 4. The number of piperidine rings is 1. The Morgan fingerprint density at radius 2 is 1.84 bits per heavy atom. The van der Waals surface area contributed by atoms with E-state index in [0.717, 1.165) is 0 Å². The number of methoxy groups -OCH3 is 1. The minimum Gasteiger partial charge on any atom is -0.468 e. The summed E-state index contributed by atoms with van der Waals surface area (Å²) < 4.78 is 4.72. The first kappa shape index (κ1) is 14.0. The van der Waals surface area contributed by atoms with Crippen LogP contribution in [0.5, 0.6) is 0 Å². The first-order valence-corrected chi connectivity index (χ1v) is 6.33. The predicted molar refractivity (Wildman–Crippen MR) is 67.0 cm³/mol. The van der Waals surface area contributed by atoms with Crippen molar-refractivity contribution in [2.24, 2.45) is 17.3 Å². The van der Waals surface area contributed by atoms with E-state index >= 15 is 0 Å². The predicted octanol–water partition coefficient (Wildman–Crippen LogP) is -0.221. The molecule has 2 rings (SSSR count). The van der Waals surface area contributed by atoms with E-state index in [1.165, 1.54) is 12.0 Å². The van der Waals surface area contributed by atoms with Crippen LogP contribution in [0, 0.1) is 17.3 Å². The number of likely N-dealkylation sites (N-methyl/N-ethyl adjacent to an activating group) is 1. The van der Waals surface area contributed by atoms with Gasteiger partial charge in [-0.1, -0.05) is 13.8 Å². The SMILES string of the molecule is CNC(C)(CN1C(=O)C2C(C1=O)C2(C)C)C(=O)OC. The van der Waals surface area contributed by atoms with Crippen LogP contribution in [0.2, 0.25) is 0 Å². The van der Waals surface area contributed by atoms with E-state index < -0.39 is 11.5 Å². The minimum atomic E-state index is -1.07. The lowest BCUT2D eigenvalue weighted by Crippen LogP contribution is -2.58. The Labute approximate surface area is 112 Å². The van der Waals surface area contributed by atoms with Crippen LogP contribution < -0.4 is 5.32 Å². The number of fused-ring (bicyclic) bond motifs is 1. The maximum absolute atomic E-state index is 12.2.